The SMILES string of the molecule is Cc1cc(C)cc(COC(=O)N2CCCn3nc(S(=O)(=O)N(C)C)cc3C2)c1. The summed E-state index contributed by atoms with van der Waals surface area (Å²) < 4.78 is 32.9. The molecule has 0 saturated carbocycles. The second-order valence-electron chi connectivity index (χ2n) is 7.31. The van der Waals surface area contributed by atoms with E-state index in [1.54, 1.807) is 9.58 Å². The standard InChI is InChI=1S/C19H26N4O4S/c1-14-8-15(2)10-16(9-14)13-27-19(24)22-6-5-7-23-17(12-22)11-18(20-23)28(25,26)21(3)4/h8-11H,5-7,12-13H2,1-4H3. The molecule has 1 amide bonds. The first-order valence-corrected chi connectivity index (χ1v) is 10.6. The largest absolute Gasteiger partial charge is 0.445 e. The van der Waals surface area contributed by atoms with Crippen LogP contribution in [0.1, 0.15) is 28.8 Å². The Morgan fingerprint density at radius 3 is 2.46 bits per heavy atom. The predicted octanol–water partition coefficient (Wildman–Crippen LogP) is 2.29. The molecule has 0 saturated heterocycles. The number of carbonyl (C=O) groups excluding carboxylic acids is 1. The molecule has 1 aromatic carbocycles. The monoisotopic (exact) mass is 406 g/mol. The first kappa shape index (κ1) is 20.3. The van der Waals surface area contributed by atoms with Crippen LogP contribution in [0.25, 0.3) is 0 Å². The normalized spacial score (nSPS) is 14.7. The van der Waals surface area contributed by atoms with Gasteiger partial charge in [0.25, 0.3) is 10.0 Å². The molecule has 1 aliphatic rings. The number of benzene rings is 1. The molecule has 0 atom stereocenters. The maximum Gasteiger partial charge on any atom is 0.410 e. The van der Waals surface area contributed by atoms with E-state index in [0.717, 1.165) is 21.0 Å². The topological polar surface area (TPSA) is 84.7 Å². The summed E-state index contributed by atoms with van der Waals surface area (Å²) in [4.78, 5) is 14.2. The number of nitrogens with zero attached hydrogens (tertiary/aromatic N) is 4. The van der Waals surface area contributed by atoms with Gasteiger partial charge in [-0.1, -0.05) is 29.3 Å². The molecule has 28 heavy (non-hydrogen) atoms. The van der Waals surface area contributed by atoms with Crippen LogP contribution in [0.5, 0.6) is 0 Å². The van der Waals surface area contributed by atoms with E-state index in [1.165, 1.54) is 20.2 Å². The van der Waals surface area contributed by atoms with Crippen LogP contribution in [0.3, 0.4) is 0 Å². The third-order valence-corrected chi connectivity index (χ3v) is 6.33. The third-order valence-electron chi connectivity index (χ3n) is 4.64. The number of hydrogen-bond donors (Lipinski definition) is 0. The van der Waals surface area contributed by atoms with Gasteiger partial charge >= 0.3 is 6.09 Å². The highest BCUT2D eigenvalue weighted by Crippen LogP contribution is 2.19. The van der Waals surface area contributed by atoms with Crippen molar-refractivity contribution >= 4 is 16.1 Å². The number of ether oxygens (including phenoxy) is 1. The Bertz CT molecular complexity index is 962. The Kier molecular flexibility index (Phi) is 5.76. The molecule has 0 fully saturated rings. The number of sulfonamides is 1. The smallest absolute Gasteiger partial charge is 0.410 e. The molecule has 0 aliphatic carbocycles. The Morgan fingerprint density at radius 2 is 1.82 bits per heavy atom. The van der Waals surface area contributed by atoms with Crippen LogP contribution in [0.4, 0.5) is 4.79 Å². The molecule has 0 radical (unpaired) electrons. The quantitative estimate of drug-likeness (QED) is 0.778. The minimum absolute atomic E-state index is 0.00190. The van der Waals surface area contributed by atoms with Gasteiger partial charge in [-0.25, -0.2) is 17.5 Å². The summed E-state index contributed by atoms with van der Waals surface area (Å²) in [5.41, 5.74) is 3.88. The van der Waals surface area contributed by atoms with Gasteiger partial charge in [-0.3, -0.25) is 4.68 Å². The predicted molar refractivity (Wildman–Crippen MR) is 104 cm³/mol. The van der Waals surface area contributed by atoms with Crippen LogP contribution in [0.15, 0.2) is 29.3 Å². The molecule has 0 spiro atoms. The van der Waals surface area contributed by atoms with Crippen LogP contribution in [-0.4, -0.2) is 54.1 Å². The van der Waals surface area contributed by atoms with Crippen molar-refractivity contribution < 1.29 is 17.9 Å². The van der Waals surface area contributed by atoms with Gasteiger partial charge in [-0.2, -0.15) is 5.10 Å². The molecule has 2 heterocycles. The number of hydrogen-bond acceptors (Lipinski definition) is 5. The van der Waals surface area contributed by atoms with Gasteiger partial charge in [0.2, 0.25) is 0 Å². The van der Waals surface area contributed by atoms with Crippen LogP contribution in [0.2, 0.25) is 0 Å². The Labute approximate surface area is 165 Å². The molecule has 152 valence electrons. The van der Waals surface area contributed by atoms with E-state index in [1.807, 2.05) is 26.0 Å². The lowest BCUT2D eigenvalue weighted by Crippen LogP contribution is -2.31. The minimum atomic E-state index is -3.61. The summed E-state index contributed by atoms with van der Waals surface area (Å²) in [5, 5.41) is 4.22. The van der Waals surface area contributed by atoms with Crippen molar-refractivity contribution in [3.05, 3.63) is 46.6 Å². The lowest BCUT2D eigenvalue weighted by atomic mass is 10.1. The lowest BCUT2D eigenvalue weighted by Gasteiger charge is -2.19. The molecular formula is C19H26N4O4S. The van der Waals surface area contributed by atoms with Gasteiger partial charge in [0.1, 0.15) is 6.61 Å². The van der Waals surface area contributed by atoms with Crippen LogP contribution in [0, 0.1) is 13.8 Å². The van der Waals surface area contributed by atoms with Crippen LogP contribution < -0.4 is 0 Å². The van der Waals surface area contributed by atoms with E-state index in [0.29, 0.717) is 25.2 Å². The van der Waals surface area contributed by atoms with E-state index in [4.69, 9.17) is 4.74 Å². The third kappa shape index (κ3) is 4.36. The first-order chi connectivity index (χ1) is 13.2. The van der Waals surface area contributed by atoms with E-state index in [2.05, 4.69) is 11.2 Å². The molecule has 0 bridgehead atoms. The zero-order valence-electron chi connectivity index (χ0n) is 16.7. The van der Waals surface area contributed by atoms with Crippen LogP contribution in [-0.2, 0) is 34.5 Å². The number of aromatic nitrogens is 2. The molecule has 1 aromatic heterocycles. The maximum atomic E-state index is 12.6. The molecule has 2 aromatic rings. The molecular weight excluding hydrogens is 380 g/mol. The number of aryl methyl sites for hydroxylation is 3. The van der Waals surface area contributed by atoms with Gasteiger partial charge in [0.15, 0.2) is 5.03 Å². The first-order valence-electron chi connectivity index (χ1n) is 9.15. The molecule has 8 nitrogen and oxygen atoms in total. The summed E-state index contributed by atoms with van der Waals surface area (Å²) in [5.74, 6) is 0. The van der Waals surface area contributed by atoms with Gasteiger partial charge in [-0.15, -0.1) is 0 Å². The Hall–Kier alpha value is -2.39. The molecule has 0 N–H and O–H groups in total. The lowest BCUT2D eigenvalue weighted by molar-refractivity contribution is 0.0941. The van der Waals surface area contributed by atoms with Crippen molar-refractivity contribution in [3.63, 3.8) is 0 Å². The van der Waals surface area contributed by atoms with Crippen molar-refractivity contribution in [2.75, 3.05) is 20.6 Å². The molecule has 9 heteroatoms. The second-order valence-corrected chi connectivity index (χ2v) is 9.41. The van der Waals surface area contributed by atoms with E-state index < -0.39 is 16.1 Å². The maximum absolute atomic E-state index is 12.6. The molecule has 0 unspecified atom stereocenters. The average Bonchev–Trinajstić information content (AvgIpc) is 2.91. The average molecular weight is 407 g/mol. The van der Waals surface area contributed by atoms with Gasteiger partial charge in [0.05, 0.1) is 12.2 Å². The van der Waals surface area contributed by atoms with E-state index in [9.17, 15) is 13.2 Å². The van der Waals surface area contributed by atoms with Crippen molar-refractivity contribution in [2.45, 2.75) is 45.0 Å². The summed E-state index contributed by atoms with van der Waals surface area (Å²) in [6.45, 7) is 5.57. The van der Waals surface area contributed by atoms with Gasteiger partial charge in [-0.05, 0) is 25.8 Å². The Balaban J connectivity index is 1.71. The zero-order valence-corrected chi connectivity index (χ0v) is 17.5. The highest BCUT2D eigenvalue weighted by molar-refractivity contribution is 7.89. The summed E-state index contributed by atoms with van der Waals surface area (Å²) in [6.07, 6.45) is 0.264. The zero-order chi connectivity index (χ0) is 20.5. The van der Waals surface area contributed by atoms with Crippen LogP contribution >= 0.6 is 0 Å². The van der Waals surface area contributed by atoms with Crippen molar-refractivity contribution in [1.29, 1.82) is 0 Å². The Morgan fingerprint density at radius 1 is 1.14 bits per heavy atom. The van der Waals surface area contributed by atoms with Gasteiger partial charge in [0, 0.05) is 33.3 Å². The fourth-order valence-corrected chi connectivity index (χ4v) is 4.15. The highest BCUT2D eigenvalue weighted by atomic mass is 32.2. The summed E-state index contributed by atoms with van der Waals surface area (Å²) in [6, 6.07) is 7.60. The van der Waals surface area contributed by atoms with E-state index in [-0.39, 0.29) is 18.2 Å². The summed E-state index contributed by atoms with van der Waals surface area (Å²) >= 11 is 0. The fourth-order valence-electron chi connectivity index (χ4n) is 3.29. The number of amides is 1. The number of rotatable bonds is 4. The van der Waals surface area contributed by atoms with Crippen molar-refractivity contribution in [1.82, 2.24) is 19.0 Å². The highest BCUT2D eigenvalue weighted by Gasteiger charge is 2.26. The van der Waals surface area contributed by atoms with Gasteiger partial charge < -0.3 is 9.64 Å². The number of carbonyl (C=O) groups is 1. The molecule has 1 aliphatic heterocycles. The van der Waals surface area contributed by atoms with E-state index >= 15 is 0 Å². The van der Waals surface area contributed by atoms with Crippen molar-refractivity contribution in [2.24, 2.45) is 0 Å². The molecule has 3 rings (SSSR count). The number of fused-ring (bicyclic) bond motifs is 1. The summed E-state index contributed by atoms with van der Waals surface area (Å²) in [7, 11) is -0.671. The minimum Gasteiger partial charge on any atom is -0.445 e. The fraction of sp³-hybridized carbons (Fsp3) is 0.474. The van der Waals surface area contributed by atoms with Crippen molar-refractivity contribution in [3.8, 4) is 0 Å². The second kappa shape index (κ2) is 7.92.